The molecule has 3 rings (SSSR count). The van der Waals surface area contributed by atoms with Gasteiger partial charge in [-0.3, -0.25) is 9.36 Å². The van der Waals surface area contributed by atoms with Gasteiger partial charge in [0.15, 0.2) is 5.65 Å². The lowest BCUT2D eigenvalue weighted by atomic mass is 10.2. The minimum Gasteiger partial charge on any atom is -0.294 e. The fraction of sp³-hybridized carbons (Fsp3) is 0.0714. The van der Waals surface area contributed by atoms with Gasteiger partial charge in [-0.25, -0.2) is 9.97 Å². The van der Waals surface area contributed by atoms with Crippen molar-refractivity contribution in [2.24, 2.45) is 0 Å². The van der Waals surface area contributed by atoms with Crippen molar-refractivity contribution in [3.63, 3.8) is 0 Å². The maximum absolute atomic E-state index is 12.4. The molecule has 0 fully saturated rings. The first-order valence-corrected chi connectivity index (χ1v) is 7.06. The molecular formula is C14H9BrClN3O. The van der Waals surface area contributed by atoms with E-state index in [1.165, 1.54) is 6.33 Å². The van der Waals surface area contributed by atoms with E-state index in [1.807, 2.05) is 12.1 Å². The highest BCUT2D eigenvalue weighted by Gasteiger charge is 2.06. The van der Waals surface area contributed by atoms with E-state index < -0.39 is 0 Å². The minimum atomic E-state index is -0.112. The summed E-state index contributed by atoms with van der Waals surface area (Å²) in [7, 11) is 0. The van der Waals surface area contributed by atoms with Crippen LogP contribution in [0.1, 0.15) is 5.56 Å². The summed E-state index contributed by atoms with van der Waals surface area (Å²) in [5, 5.41) is 1.17. The number of halogens is 2. The van der Waals surface area contributed by atoms with Crippen LogP contribution in [-0.2, 0) is 6.54 Å². The molecule has 0 saturated heterocycles. The summed E-state index contributed by atoms with van der Waals surface area (Å²) in [6.07, 6.45) is 3.14. The Bertz CT molecular complexity index is 830. The van der Waals surface area contributed by atoms with Gasteiger partial charge in [0.1, 0.15) is 6.33 Å². The fourth-order valence-corrected chi connectivity index (χ4v) is 2.38. The zero-order valence-electron chi connectivity index (χ0n) is 10.3. The van der Waals surface area contributed by atoms with Crippen LogP contribution in [0.5, 0.6) is 0 Å². The molecule has 0 atom stereocenters. The number of hydrogen-bond acceptors (Lipinski definition) is 3. The van der Waals surface area contributed by atoms with Crippen molar-refractivity contribution >= 4 is 38.6 Å². The molecule has 0 aliphatic rings. The molecule has 100 valence electrons. The molecule has 6 heteroatoms. The predicted octanol–water partition coefficient (Wildman–Crippen LogP) is 3.26. The Balaban J connectivity index is 2.06. The van der Waals surface area contributed by atoms with E-state index in [1.54, 1.807) is 29.0 Å². The lowest BCUT2D eigenvalue weighted by Gasteiger charge is -2.06. The molecule has 0 aliphatic carbocycles. The molecule has 2 aromatic heterocycles. The van der Waals surface area contributed by atoms with E-state index in [-0.39, 0.29) is 5.56 Å². The van der Waals surface area contributed by atoms with Crippen LogP contribution < -0.4 is 5.56 Å². The fourth-order valence-electron chi connectivity index (χ4n) is 1.92. The van der Waals surface area contributed by atoms with Gasteiger partial charge in [-0.15, -0.1) is 0 Å². The molecular weight excluding hydrogens is 342 g/mol. The molecule has 4 nitrogen and oxygen atoms in total. The lowest BCUT2D eigenvalue weighted by Crippen LogP contribution is -2.21. The number of nitrogens with zero attached hydrogens (tertiary/aromatic N) is 3. The molecule has 0 saturated carbocycles. The molecule has 0 N–H and O–H groups in total. The summed E-state index contributed by atoms with van der Waals surface area (Å²) in [6, 6.07) is 9.11. The SMILES string of the molecule is O=c1c2cc(Br)cnc2ncn1Cc1ccc(Cl)cc1. The Morgan fingerprint density at radius 1 is 1.20 bits per heavy atom. The highest BCUT2D eigenvalue weighted by Crippen LogP contribution is 2.13. The number of rotatable bonds is 2. The van der Waals surface area contributed by atoms with Crippen LogP contribution in [0.25, 0.3) is 11.0 Å². The maximum Gasteiger partial charge on any atom is 0.263 e. The van der Waals surface area contributed by atoms with Crippen LogP contribution in [0, 0.1) is 0 Å². The van der Waals surface area contributed by atoms with Gasteiger partial charge in [0.25, 0.3) is 5.56 Å². The van der Waals surface area contributed by atoms with Gasteiger partial charge in [-0.2, -0.15) is 0 Å². The van der Waals surface area contributed by atoms with E-state index in [0.717, 1.165) is 10.0 Å². The number of fused-ring (bicyclic) bond motifs is 1. The van der Waals surface area contributed by atoms with E-state index in [9.17, 15) is 4.79 Å². The Morgan fingerprint density at radius 2 is 1.95 bits per heavy atom. The van der Waals surface area contributed by atoms with Crippen molar-refractivity contribution in [1.82, 2.24) is 14.5 Å². The zero-order valence-corrected chi connectivity index (χ0v) is 12.6. The van der Waals surface area contributed by atoms with Gasteiger partial charge < -0.3 is 0 Å². The smallest absolute Gasteiger partial charge is 0.263 e. The number of aromatic nitrogens is 3. The van der Waals surface area contributed by atoms with Crippen molar-refractivity contribution in [2.75, 3.05) is 0 Å². The van der Waals surface area contributed by atoms with Gasteiger partial charge in [0.2, 0.25) is 0 Å². The van der Waals surface area contributed by atoms with Crippen molar-refractivity contribution in [3.8, 4) is 0 Å². The highest BCUT2D eigenvalue weighted by molar-refractivity contribution is 9.10. The average Bonchev–Trinajstić information content (AvgIpc) is 2.45. The molecule has 0 bridgehead atoms. The first kappa shape index (κ1) is 13.3. The summed E-state index contributed by atoms with van der Waals surface area (Å²) in [5.74, 6) is 0. The van der Waals surface area contributed by atoms with E-state index in [4.69, 9.17) is 11.6 Å². The molecule has 3 aromatic rings. The van der Waals surface area contributed by atoms with Crippen LogP contribution in [0.15, 0.2) is 52.1 Å². The summed E-state index contributed by atoms with van der Waals surface area (Å²) in [5.41, 5.74) is 1.32. The summed E-state index contributed by atoms with van der Waals surface area (Å²) in [4.78, 5) is 20.7. The molecule has 0 radical (unpaired) electrons. The average molecular weight is 351 g/mol. The van der Waals surface area contributed by atoms with Crippen LogP contribution in [-0.4, -0.2) is 14.5 Å². The van der Waals surface area contributed by atoms with Gasteiger partial charge in [-0.1, -0.05) is 23.7 Å². The summed E-state index contributed by atoms with van der Waals surface area (Å²) < 4.78 is 2.31. The van der Waals surface area contributed by atoms with Gasteiger partial charge in [-0.05, 0) is 39.7 Å². The zero-order chi connectivity index (χ0) is 14.1. The third kappa shape index (κ3) is 2.59. The molecule has 0 spiro atoms. The van der Waals surface area contributed by atoms with E-state index in [0.29, 0.717) is 22.6 Å². The first-order chi connectivity index (χ1) is 9.63. The largest absolute Gasteiger partial charge is 0.294 e. The molecule has 20 heavy (non-hydrogen) atoms. The van der Waals surface area contributed by atoms with Gasteiger partial charge in [0.05, 0.1) is 11.9 Å². The van der Waals surface area contributed by atoms with Crippen molar-refractivity contribution in [1.29, 1.82) is 0 Å². The molecule has 1 aromatic carbocycles. The van der Waals surface area contributed by atoms with Crippen molar-refractivity contribution in [2.45, 2.75) is 6.54 Å². The lowest BCUT2D eigenvalue weighted by molar-refractivity contribution is 0.746. The van der Waals surface area contributed by atoms with E-state index >= 15 is 0 Å². The van der Waals surface area contributed by atoms with Crippen molar-refractivity contribution < 1.29 is 0 Å². The van der Waals surface area contributed by atoms with Crippen LogP contribution in [0.4, 0.5) is 0 Å². The number of hydrogen-bond donors (Lipinski definition) is 0. The maximum atomic E-state index is 12.4. The normalized spacial score (nSPS) is 10.9. The summed E-state index contributed by atoms with van der Waals surface area (Å²) >= 11 is 9.16. The van der Waals surface area contributed by atoms with Crippen LogP contribution in [0.2, 0.25) is 5.02 Å². The first-order valence-electron chi connectivity index (χ1n) is 5.88. The Hall–Kier alpha value is -1.72. The highest BCUT2D eigenvalue weighted by atomic mass is 79.9. The topological polar surface area (TPSA) is 47.8 Å². The Labute approximate surface area is 128 Å². The Morgan fingerprint density at radius 3 is 2.70 bits per heavy atom. The monoisotopic (exact) mass is 349 g/mol. The van der Waals surface area contributed by atoms with Gasteiger partial charge >= 0.3 is 0 Å². The second-order valence-corrected chi connectivity index (χ2v) is 5.68. The standard InChI is InChI=1S/C14H9BrClN3O/c15-10-5-12-13(17-6-10)18-8-19(14(12)20)7-9-1-3-11(16)4-2-9/h1-6,8H,7H2. The van der Waals surface area contributed by atoms with Gasteiger partial charge in [0, 0.05) is 15.7 Å². The minimum absolute atomic E-state index is 0.112. The predicted molar refractivity (Wildman–Crippen MR) is 82.1 cm³/mol. The molecule has 0 amide bonds. The second-order valence-electron chi connectivity index (χ2n) is 4.33. The van der Waals surface area contributed by atoms with Crippen molar-refractivity contribution in [3.05, 3.63) is 68.3 Å². The quantitative estimate of drug-likeness (QED) is 0.713. The number of pyridine rings is 1. The molecule has 0 unspecified atom stereocenters. The van der Waals surface area contributed by atoms with Crippen LogP contribution >= 0.6 is 27.5 Å². The number of benzene rings is 1. The molecule has 2 heterocycles. The third-order valence-corrected chi connectivity index (χ3v) is 3.60. The summed E-state index contributed by atoms with van der Waals surface area (Å²) in [6.45, 7) is 0.450. The molecule has 0 aliphatic heterocycles. The van der Waals surface area contributed by atoms with E-state index in [2.05, 4.69) is 25.9 Å². The third-order valence-electron chi connectivity index (χ3n) is 2.91. The van der Waals surface area contributed by atoms with Crippen LogP contribution in [0.3, 0.4) is 0 Å². The Kier molecular flexibility index (Phi) is 3.54. The second kappa shape index (κ2) is 5.34.